The number of carbonyl (C=O) groups excluding carboxylic acids is 2. The summed E-state index contributed by atoms with van der Waals surface area (Å²) in [5.41, 5.74) is 3.61. The standard InChI is InChI=1S/C32H34Cl2N8O4/c1-46-28-5-3-24(42-21-36-38-39-42)19-25(28)29(43)41-17-9-31(20-41,23-2-4-26(33)27(34)18-23)8-14-40-15-10-32(11-16-40,30(44)37-45)22-6-12-35-13-7-22/h2-7,12-13,18-19,21,45H,8-11,14-17,20H2,1H3,(H,37,44). The van der Waals surface area contributed by atoms with Crippen LogP contribution in [0.25, 0.3) is 5.69 Å². The van der Waals surface area contributed by atoms with E-state index in [2.05, 4.69) is 25.4 Å². The molecule has 46 heavy (non-hydrogen) atoms. The van der Waals surface area contributed by atoms with E-state index in [1.165, 1.54) is 11.0 Å². The first kappa shape index (κ1) is 31.9. The predicted molar refractivity (Wildman–Crippen MR) is 171 cm³/mol. The van der Waals surface area contributed by atoms with Crippen LogP contribution in [0.5, 0.6) is 5.75 Å². The van der Waals surface area contributed by atoms with E-state index in [1.54, 1.807) is 37.7 Å². The average Bonchev–Trinajstić information content (AvgIpc) is 3.80. The van der Waals surface area contributed by atoms with E-state index in [4.69, 9.17) is 27.9 Å². The van der Waals surface area contributed by atoms with Gasteiger partial charge in [-0.25, -0.2) is 10.2 Å². The lowest BCUT2D eigenvalue weighted by molar-refractivity contribution is -0.137. The summed E-state index contributed by atoms with van der Waals surface area (Å²) in [6, 6.07) is 14.7. The van der Waals surface area contributed by atoms with Crippen LogP contribution in [0.15, 0.2) is 67.3 Å². The zero-order valence-corrected chi connectivity index (χ0v) is 26.8. The van der Waals surface area contributed by atoms with Crippen molar-refractivity contribution in [1.82, 2.24) is 40.5 Å². The van der Waals surface area contributed by atoms with Crippen molar-refractivity contribution in [2.75, 3.05) is 39.8 Å². The Labute approximate surface area is 276 Å². The Kier molecular flexibility index (Phi) is 9.23. The fraction of sp³-hybridized carbons (Fsp3) is 0.375. The highest BCUT2D eigenvalue weighted by Crippen LogP contribution is 2.42. The van der Waals surface area contributed by atoms with Crippen LogP contribution in [0.3, 0.4) is 0 Å². The first-order valence-corrected chi connectivity index (χ1v) is 15.8. The third kappa shape index (κ3) is 6.05. The van der Waals surface area contributed by atoms with Gasteiger partial charge >= 0.3 is 0 Å². The zero-order valence-electron chi connectivity index (χ0n) is 25.3. The molecule has 2 aromatic carbocycles. The van der Waals surface area contributed by atoms with Gasteiger partial charge in [0.05, 0.1) is 33.8 Å². The molecule has 2 aliphatic heterocycles. The van der Waals surface area contributed by atoms with Gasteiger partial charge in [0.25, 0.3) is 11.8 Å². The third-order valence-corrected chi connectivity index (χ3v) is 10.3. The number of tetrazole rings is 1. The van der Waals surface area contributed by atoms with Crippen molar-refractivity contribution in [3.8, 4) is 11.4 Å². The summed E-state index contributed by atoms with van der Waals surface area (Å²) < 4.78 is 7.06. The summed E-state index contributed by atoms with van der Waals surface area (Å²) in [4.78, 5) is 35.3. The molecule has 2 saturated heterocycles. The highest BCUT2D eigenvalue weighted by molar-refractivity contribution is 6.42. The number of benzene rings is 2. The normalized spacial score (nSPS) is 19.6. The second-order valence-electron chi connectivity index (χ2n) is 11.9. The Morgan fingerprint density at radius 2 is 1.76 bits per heavy atom. The molecule has 2 N–H and O–H groups in total. The number of methoxy groups -OCH3 is 1. The number of aromatic nitrogens is 5. The number of amides is 2. The number of carbonyl (C=O) groups is 2. The first-order valence-electron chi connectivity index (χ1n) is 15.0. The molecule has 0 bridgehead atoms. The Morgan fingerprint density at radius 3 is 2.43 bits per heavy atom. The van der Waals surface area contributed by atoms with E-state index in [0.717, 1.165) is 30.5 Å². The fourth-order valence-corrected chi connectivity index (χ4v) is 7.16. The molecule has 2 amide bonds. The summed E-state index contributed by atoms with van der Waals surface area (Å²) in [6.07, 6.45) is 7.38. The van der Waals surface area contributed by atoms with E-state index >= 15 is 0 Å². The van der Waals surface area contributed by atoms with Crippen molar-refractivity contribution in [3.05, 3.63) is 94.0 Å². The van der Waals surface area contributed by atoms with Gasteiger partial charge in [0.15, 0.2) is 0 Å². The molecule has 0 saturated carbocycles. The van der Waals surface area contributed by atoms with Crippen LogP contribution in [0, 0.1) is 0 Å². The molecule has 4 heterocycles. The minimum Gasteiger partial charge on any atom is -0.496 e. The van der Waals surface area contributed by atoms with Gasteiger partial charge in [-0.15, -0.1) is 5.10 Å². The number of hydrogen-bond acceptors (Lipinski definition) is 9. The van der Waals surface area contributed by atoms with E-state index in [-0.39, 0.29) is 11.3 Å². The molecule has 14 heteroatoms. The largest absolute Gasteiger partial charge is 0.496 e. The van der Waals surface area contributed by atoms with Crippen molar-refractivity contribution >= 4 is 35.0 Å². The van der Waals surface area contributed by atoms with Crippen LogP contribution >= 0.6 is 23.2 Å². The van der Waals surface area contributed by atoms with Crippen molar-refractivity contribution in [3.63, 3.8) is 0 Å². The van der Waals surface area contributed by atoms with Crippen LogP contribution < -0.4 is 10.2 Å². The molecule has 240 valence electrons. The number of piperidine rings is 1. The SMILES string of the molecule is COc1ccc(-n2cnnn2)cc1C(=O)N1CCC(CCN2CCC(C(=O)NO)(c3ccncc3)CC2)(c2ccc(Cl)c(Cl)c2)C1. The first-order chi connectivity index (χ1) is 22.3. The number of likely N-dealkylation sites (tertiary alicyclic amines) is 2. The van der Waals surface area contributed by atoms with Gasteiger partial charge < -0.3 is 14.5 Å². The lowest BCUT2D eigenvalue weighted by Crippen LogP contribution is -2.51. The highest BCUT2D eigenvalue weighted by Gasteiger charge is 2.45. The second-order valence-corrected chi connectivity index (χ2v) is 12.7. The van der Waals surface area contributed by atoms with Crippen LogP contribution in [-0.4, -0.2) is 91.8 Å². The van der Waals surface area contributed by atoms with Crippen molar-refractivity contribution in [2.24, 2.45) is 0 Å². The maximum Gasteiger partial charge on any atom is 0.257 e. The average molecular weight is 666 g/mol. The lowest BCUT2D eigenvalue weighted by atomic mass is 9.72. The number of ether oxygens (including phenoxy) is 1. The van der Waals surface area contributed by atoms with Crippen LogP contribution in [0.1, 0.15) is 47.2 Å². The monoisotopic (exact) mass is 664 g/mol. The molecule has 12 nitrogen and oxygen atoms in total. The number of halogens is 2. The quantitative estimate of drug-likeness (QED) is 0.200. The topological polar surface area (TPSA) is 139 Å². The van der Waals surface area contributed by atoms with E-state index in [9.17, 15) is 14.8 Å². The molecule has 2 fully saturated rings. The van der Waals surface area contributed by atoms with E-state index in [1.807, 2.05) is 40.7 Å². The molecule has 0 radical (unpaired) electrons. The maximum atomic E-state index is 14.1. The lowest BCUT2D eigenvalue weighted by Gasteiger charge is -2.41. The van der Waals surface area contributed by atoms with Gasteiger partial charge in [-0.3, -0.25) is 19.8 Å². The number of nitrogens with zero attached hydrogens (tertiary/aromatic N) is 7. The number of nitrogens with one attached hydrogen (secondary N) is 1. The number of hydroxylamine groups is 1. The van der Waals surface area contributed by atoms with Gasteiger partial charge in [-0.1, -0.05) is 29.3 Å². The molecular formula is C32H34Cl2N8O4. The van der Waals surface area contributed by atoms with Gasteiger partial charge in [-0.2, -0.15) is 0 Å². The van der Waals surface area contributed by atoms with Crippen molar-refractivity contribution in [2.45, 2.75) is 36.5 Å². The number of hydrogen-bond donors (Lipinski definition) is 2. The molecule has 0 spiro atoms. The Bertz CT molecular complexity index is 1700. The summed E-state index contributed by atoms with van der Waals surface area (Å²) in [5, 5.41) is 21.9. The second kappa shape index (κ2) is 13.3. The molecule has 6 rings (SSSR count). The van der Waals surface area contributed by atoms with Gasteiger partial charge in [0.1, 0.15) is 12.1 Å². The fourth-order valence-electron chi connectivity index (χ4n) is 6.87. The van der Waals surface area contributed by atoms with Gasteiger partial charge in [-0.05, 0) is 109 Å². The molecule has 2 aromatic heterocycles. The molecule has 1 atom stereocenters. The van der Waals surface area contributed by atoms with Gasteiger partial charge in [0.2, 0.25) is 0 Å². The number of rotatable bonds is 9. The van der Waals surface area contributed by atoms with E-state index < -0.39 is 11.3 Å². The summed E-state index contributed by atoms with van der Waals surface area (Å²) >= 11 is 12.8. The molecule has 1 unspecified atom stereocenters. The van der Waals surface area contributed by atoms with E-state index in [0.29, 0.717) is 66.1 Å². The molecule has 0 aliphatic carbocycles. The van der Waals surface area contributed by atoms with Gasteiger partial charge in [0, 0.05) is 30.9 Å². The molecule has 4 aromatic rings. The Hall–Kier alpha value is -4.10. The minimum atomic E-state index is -0.831. The Morgan fingerprint density at radius 1 is 0.978 bits per heavy atom. The summed E-state index contributed by atoms with van der Waals surface area (Å²) in [5.74, 6) is -0.0919. The Balaban J connectivity index is 1.23. The minimum absolute atomic E-state index is 0.149. The molecular weight excluding hydrogens is 631 g/mol. The zero-order chi connectivity index (χ0) is 32.3. The van der Waals surface area contributed by atoms with Crippen molar-refractivity contribution < 1.29 is 19.5 Å². The summed E-state index contributed by atoms with van der Waals surface area (Å²) in [6.45, 7) is 3.09. The maximum absolute atomic E-state index is 14.1. The predicted octanol–water partition coefficient (Wildman–Crippen LogP) is 4.09. The van der Waals surface area contributed by atoms with Crippen LogP contribution in [0.2, 0.25) is 10.0 Å². The molecule has 2 aliphatic rings. The summed E-state index contributed by atoms with van der Waals surface area (Å²) in [7, 11) is 1.54. The van der Waals surface area contributed by atoms with Crippen LogP contribution in [0.4, 0.5) is 0 Å². The van der Waals surface area contributed by atoms with Crippen LogP contribution in [-0.2, 0) is 15.6 Å². The highest BCUT2D eigenvalue weighted by atomic mass is 35.5. The number of pyridine rings is 1. The third-order valence-electron chi connectivity index (χ3n) is 9.59. The van der Waals surface area contributed by atoms with Crippen molar-refractivity contribution in [1.29, 1.82) is 0 Å². The smallest absolute Gasteiger partial charge is 0.257 e.